The van der Waals surface area contributed by atoms with Crippen LogP contribution in [-0.2, 0) is 6.54 Å². The fraction of sp³-hybridized carbons (Fsp3) is 0.241. The van der Waals surface area contributed by atoms with E-state index in [1.807, 2.05) is 32.3 Å². The Morgan fingerprint density at radius 1 is 1.06 bits per heavy atom. The first-order valence-corrected chi connectivity index (χ1v) is 12.0. The molecular formula is C29H27ClN2O3. The molecule has 1 N–H and O–H groups in total. The standard InChI is InChI=1S/C29H27ClN2O3/c1-32(2)16-17-4-6-18(7-5-17)27-22-12-20(21-13-24(30)29(34)26(14-21)35-3)10-11-25(22)31-15-23(27)28(33)19-8-9-19/h4-7,10-15,19,34H,8-9,16H2,1-3H3. The highest BCUT2D eigenvalue weighted by molar-refractivity contribution is 6.32. The molecule has 0 atom stereocenters. The average molecular weight is 487 g/mol. The first-order valence-electron chi connectivity index (χ1n) is 11.6. The zero-order valence-corrected chi connectivity index (χ0v) is 20.8. The van der Waals surface area contributed by atoms with E-state index < -0.39 is 0 Å². The minimum absolute atomic E-state index is 0.0869. The van der Waals surface area contributed by atoms with Gasteiger partial charge in [0.2, 0.25) is 0 Å². The summed E-state index contributed by atoms with van der Waals surface area (Å²) in [4.78, 5) is 20.0. The van der Waals surface area contributed by atoms with Gasteiger partial charge >= 0.3 is 0 Å². The van der Waals surface area contributed by atoms with E-state index in [9.17, 15) is 9.90 Å². The molecule has 4 aromatic rings. The maximum atomic E-state index is 13.3. The fourth-order valence-corrected chi connectivity index (χ4v) is 4.68. The van der Waals surface area contributed by atoms with Crippen molar-refractivity contribution in [3.05, 3.63) is 76.9 Å². The van der Waals surface area contributed by atoms with Crippen molar-refractivity contribution in [2.45, 2.75) is 19.4 Å². The molecule has 1 saturated carbocycles. The van der Waals surface area contributed by atoms with Crippen molar-refractivity contribution in [2.24, 2.45) is 5.92 Å². The molecule has 1 aliphatic rings. The molecule has 6 heteroatoms. The minimum atomic E-state index is -0.0869. The molecule has 0 aliphatic heterocycles. The third-order valence-corrected chi connectivity index (χ3v) is 6.69. The smallest absolute Gasteiger partial charge is 0.176 e. The Morgan fingerprint density at radius 2 is 1.77 bits per heavy atom. The van der Waals surface area contributed by atoms with Gasteiger partial charge in [-0.25, -0.2) is 0 Å². The summed E-state index contributed by atoms with van der Waals surface area (Å²) in [6.45, 7) is 0.846. The number of ketones is 1. The van der Waals surface area contributed by atoms with Gasteiger partial charge in [-0.1, -0.05) is 41.9 Å². The molecule has 5 nitrogen and oxygen atoms in total. The summed E-state index contributed by atoms with van der Waals surface area (Å²) in [6, 6.07) is 17.8. The number of hydrogen-bond acceptors (Lipinski definition) is 5. The maximum absolute atomic E-state index is 13.3. The maximum Gasteiger partial charge on any atom is 0.176 e. The Morgan fingerprint density at radius 3 is 2.43 bits per heavy atom. The van der Waals surface area contributed by atoms with Gasteiger partial charge in [-0.05, 0) is 73.5 Å². The highest BCUT2D eigenvalue weighted by Crippen LogP contribution is 2.41. The lowest BCUT2D eigenvalue weighted by atomic mass is 9.91. The molecule has 3 aromatic carbocycles. The highest BCUT2D eigenvalue weighted by atomic mass is 35.5. The van der Waals surface area contributed by atoms with Crippen LogP contribution in [0.15, 0.2) is 60.8 Å². The first-order chi connectivity index (χ1) is 16.9. The largest absolute Gasteiger partial charge is 0.503 e. The van der Waals surface area contributed by atoms with E-state index in [4.69, 9.17) is 16.3 Å². The molecule has 0 radical (unpaired) electrons. The van der Waals surface area contributed by atoms with Gasteiger partial charge in [-0.2, -0.15) is 0 Å². The lowest BCUT2D eigenvalue weighted by Crippen LogP contribution is -2.10. The second-order valence-corrected chi connectivity index (χ2v) is 9.77. The summed E-state index contributed by atoms with van der Waals surface area (Å²) in [6.07, 6.45) is 3.60. The topological polar surface area (TPSA) is 62.7 Å². The minimum Gasteiger partial charge on any atom is -0.503 e. The molecule has 1 aliphatic carbocycles. The summed E-state index contributed by atoms with van der Waals surface area (Å²) in [5.74, 6) is 0.465. The predicted octanol–water partition coefficient (Wildman–Crippen LogP) is 6.59. The molecule has 0 bridgehead atoms. The molecule has 5 rings (SSSR count). The number of halogens is 1. The van der Waals surface area contributed by atoms with E-state index in [-0.39, 0.29) is 22.5 Å². The second-order valence-electron chi connectivity index (χ2n) is 9.36. The van der Waals surface area contributed by atoms with Crippen LogP contribution >= 0.6 is 11.6 Å². The normalized spacial score (nSPS) is 13.4. The Bertz CT molecular complexity index is 1430. The third kappa shape index (κ3) is 4.62. The van der Waals surface area contributed by atoms with Gasteiger partial charge in [0, 0.05) is 35.2 Å². The van der Waals surface area contributed by atoms with Crippen LogP contribution in [0.1, 0.15) is 28.8 Å². The number of phenols is 1. The zero-order valence-electron chi connectivity index (χ0n) is 20.0. The number of aromatic hydroxyl groups is 1. The van der Waals surface area contributed by atoms with Crippen molar-refractivity contribution in [1.29, 1.82) is 0 Å². The van der Waals surface area contributed by atoms with Crippen molar-refractivity contribution in [3.63, 3.8) is 0 Å². The number of pyridine rings is 1. The Kier molecular flexibility index (Phi) is 6.22. The van der Waals surface area contributed by atoms with Crippen LogP contribution in [0.2, 0.25) is 5.02 Å². The van der Waals surface area contributed by atoms with Crippen molar-refractivity contribution in [2.75, 3.05) is 21.2 Å². The summed E-state index contributed by atoms with van der Waals surface area (Å²) >= 11 is 6.26. The summed E-state index contributed by atoms with van der Waals surface area (Å²) in [5.41, 5.74) is 6.27. The number of ether oxygens (including phenoxy) is 1. The number of hydrogen-bond donors (Lipinski definition) is 1. The van der Waals surface area contributed by atoms with Gasteiger partial charge in [0.25, 0.3) is 0 Å². The molecule has 1 fully saturated rings. The molecule has 178 valence electrons. The van der Waals surface area contributed by atoms with Gasteiger partial charge in [0.05, 0.1) is 17.6 Å². The number of nitrogens with zero attached hydrogens (tertiary/aromatic N) is 2. The molecule has 1 aromatic heterocycles. The molecule has 0 saturated heterocycles. The number of fused-ring (bicyclic) bond motifs is 1. The van der Waals surface area contributed by atoms with Crippen LogP contribution < -0.4 is 4.74 Å². The second kappa shape index (κ2) is 9.33. The van der Waals surface area contributed by atoms with Gasteiger partial charge in [0.15, 0.2) is 17.3 Å². The highest BCUT2D eigenvalue weighted by Gasteiger charge is 2.32. The van der Waals surface area contributed by atoms with Gasteiger partial charge in [-0.15, -0.1) is 0 Å². The van der Waals surface area contributed by atoms with E-state index >= 15 is 0 Å². The SMILES string of the molecule is COc1cc(-c2ccc3ncc(C(=O)C4CC4)c(-c4ccc(CN(C)C)cc4)c3c2)cc(Cl)c1O. The number of carbonyl (C=O) groups excluding carboxylic acids is 1. The predicted molar refractivity (Wildman–Crippen MR) is 140 cm³/mol. The van der Waals surface area contributed by atoms with Crippen LogP contribution in [0.25, 0.3) is 33.2 Å². The average Bonchev–Trinajstić information content (AvgIpc) is 3.70. The lowest BCUT2D eigenvalue weighted by molar-refractivity contribution is 0.0968. The van der Waals surface area contributed by atoms with Crippen molar-refractivity contribution < 1.29 is 14.6 Å². The number of Topliss-reactive ketones (excluding diaryl/α,β-unsaturated/α-hetero) is 1. The summed E-state index contributed by atoms with van der Waals surface area (Å²) in [7, 11) is 5.58. The molecule has 0 amide bonds. The van der Waals surface area contributed by atoms with E-state index in [1.165, 1.54) is 12.7 Å². The number of rotatable bonds is 7. The Balaban J connectivity index is 1.70. The van der Waals surface area contributed by atoms with E-state index in [2.05, 4.69) is 34.1 Å². The van der Waals surface area contributed by atoms with Gasteiger partial charge in [-0.3, -0.25) is 9.78 Å². The number of phenolic OH excluding ortho intramolecular Hbond substituents is 1. The molecule has 35 heavy (non-hydrogen) atoms. The number of methoxy groups -OCH3 is 1. The van der Waals surface area contributed by atoms with Crippen molar-refractivity contribution >= 4 is 28.3 Å². The first kappa shape index (κ1) is 23.3. The third-order valence-electron chi connectivity index (χ3n) is 6.40. The zero-order chi connectivity index (χ0) is 24.7. The van der Waals surface area contributed by atoms with Crippen LogP contribution in [0.5, 0.6) is 11.5 Å². The van der Waals surface area contributed by atoms with Crippen molar-refractivity contribution in [3.8, 4) is 33.8 Å². The molecule has 0 unspecified atom stereocenters. The monoisotopic (exact) mass is 486 g/mol. The van der Waals surface area contributed by atoms with E-state index in [0.29, 0.717) is 11.3 Å². The Labute approximate surface area is 209 Å². The van der Waals surface area contributed by atoms with Crippen LogP contribution in [0.3, 0.4) is 0 Å². The summed E-state index contributed by atoms with van der Waals surface area (Å²) < 4.78 is 5.30. The van der Waals surface area contributed by atoms with Gasteiger partial charge < -0.3 is 14.7 Å². The fourth-order valence-electron chi connectivity index (χ4n) is 4.47. The lowest BCUT2D eigenvalue weighted by Gasteiger charge is -2.15. The quantitative estimate of drug-likeness (QED) is 0.298. The molecule has 0 spiro atoms. The van der Waals surface area contributed by atoms with Crippen molar-refractivity contribution in [1.82, 2.24) is 9.88 Å². The van der Waals surface area contributed by atoms with Crippen LogP contribution in [-0.4, -0.2) is 42.0 Å². The number of benzene rings is 3. The number of aromatic nitrogens is 1. The van der Waals surface area contributed by atoms with Crippen LogP contribution in [0.4, 0.5) is 0 Å². The molecular weight excluding hydrogens is 460 g/mol. The van der Waals surface area contributed by atoms with E-state index in [0.717, 1.165) is 52.5 Å². The van der Waals surface area contributed by atoms with E-state index in [1.54, 1.807) is 18.3 Å². The summed E-state index contributed by atoms with van der Waals surface area (Å²) in [5, 5.41) is 11.3. The molecule has 1 heterocycles. The van der Waals surface area contributed by atoms with Crippen LogP contribution in [0, 0.1) is 5.92 Å². The van der Waals surface area contributed by atoms with Gasteiger partial charge in [0.1, 0.15) is 0 Å². The number of carbonyl (C=O) groups is 1. The Hall–Kier alpha value is -3.41.